The topological polar surface area (TPSA) is 29.4 Å². The highest BCUT2D eigenvalue weighted by Crippen LogP contribution is 2.61. The van der Waals surface area contributed by atoms with Crippen LogP contribution in [0.3, 0.4) is 0 Å². The summed E-state index contributed by atoms with van der Waals surface area (Å²) < 4.78 is 0. The van der Waals surface area contributed by atoms with Gasteiger partial charge in [-0.1, -0.05) is 54.7 Å². The lowest BCUT2D eigenvalue weighted by Crippen LogP contribution is -2.37. The van der Waals surface area contributed by atoms with Gasteiger partial charge in [0, 0.05) is 5.92 Å². The molecule has 2 fully saturated rings. The fourth-order valence-corrected chi connectivity index (χ4v) is 6.66. The minimum Gasteiger partial charge on any atom is -0.151 e. The van der Waals surface area contributed by atoms with Crippen molar-refractivity contribution in [1.29, 1.82) is 0 Å². The molecule has 0 N–H and O–H groups in total. The third kappa shape index (κ3) is 2.52. The van der Waals surface area contributed by atoms with E-state index in [1.165, 1.54) is 57.8 Å². The predicted octanol–water partition coefficient (Wildman–Crippen LogP) is 6.56. The molecule has 132 valence electrons. The highest BCUT2D eigenvalue weighted by atomic mass is 16.3. The van der Waals surface area contributed by atoms with E-state index >= 15 is 0 Å². The second-order valence-electron chi connectivity index (χ2n) is 9.10. The van der Waals surface area contributed by atoms with Crippen molar-refractivity contribution in [3.63, 3.8) is 0 Å². The lowest BCUT2D eigenvalue weighted by Gasteiger charge is -2.47. The first-order valence-corrected chi connectivity index (χ1v) is 10.4. The molecule has 0 aliphatic heterocycles. The number of fused-ring (bicyclic) bond motifs is 4. The Kier molecular flexibility index (Phi) is 4.43. The molecule has 2 saturated carbocycles. The van der Waals surface area contributed by atoms with Crippen molar-refractivity contribution in [3.8, 4) is 0 Å². The molecule has 4 aliphatic rings. The van der Waals surface area contributed by atoms with Gasteiger partial charge in [-0.15, -0.1) is 0 Å². The average Bonchev–Trinajstić information content (AvgIpc) is 2.95. The Morgan fingerprint density at radius 3 is 2.88 bits per heavy atom. The molecule has 0 aromatic heterocycles. The Morgan fingerprint density at radius 1 is 1.21 bits per heavy atom. The number of hydrogen-bond donors (Lipinski definition) is 0. The summed E-state index contributed by atoms with van der Waals surface area (Å²) in [6.07, 6.45) is 16.6. The minimum absolute atomic E-state index is 0.0495. The van der Waals surface area contributed by atoms with E-state index in [4.69, 9.17) is 0 Å². The van der Waals surface area contributed by atoms with Gasteiger partial charge in [-0.2, -0.15) is 4.91 Å². The predicted molar refractivity (Wildman–Crippen MR) is 99.7 cm³/mol. The van der Waals surface area contributed by atoms with E-state index in [1.54, 1.807) is 11.1 Å². The first-order valence-electron chi connectivity index (χ1n) is 10.4. The van der Waals surface area contributed by atoms with E-state index in [0.717, 1.165) is 24.7 Å². The van der Waals surface area contributed by atoms with Crippen molar-refractivity contribution in [3.05, 3.63) is 27.7 Å². The van der Waals surface area contributed by atoms with Crippen LogP contribution in [0.2, 0.25) is 0 Å². The summed E-state index contributed by atoms with van der Waals surface area (Å²) >= 11 is 0. The van der Waals surface area contributed by atoms with Crippen molar-refractivity contribution in [2.75, 3.05) is 0 Å². The van der Waals surface area contributed by atoms with Crippen molar-refractivity contribution in [1.82, 2.24) is 0 Å². The Morgan fingerprint density at radius 2 is 2.08 bits per heavy atom. The van der Waals surface area contributed by atoms with Crippen LogP contribution in [0.1, 0.15) is 84.5 Å². The number of hydrogen-bond acceptors (Lipinski definition) is 2. The molecule has 24 heavy (non-hydrogen) atoms. The molecule has 0 saturated heterocycles. The summed E-state index contributed by atoms with van der Waals surface area (Å²) in [5, 5.41) is 3.34. The number of allylic oxidation sites excluding steroid dienone is 3. The van der Waals surface area contributed by atoms with Crippen LogP contribution in [0.25, 0.3) is 0 Å². The molecule has 4 rings (SSSR count). The molecule has 2 heteroatoms. The smallest absolute Gasteiger partial charge is 0.0957 e. The summed E-state index contributed by atoms with van der Waals surface area (Å²) in [4.78, 5) is 10.9. The van der Waals surface area contributed by atoms with Crippen molar-refractivity contribution < 1.29 is 0 Å². The van der Waals surface area contributed by atoms with Gasteiger partial charge in [0.25, 0.3) is 0 Å². The van der Waals surface area contributed by atoms with Gasteiger partial charge in [-0.05, 0) is 75.0 Å². The van der Waals surface area contributed by atoms with Crippen molar-refractivity contribution in [2.45, 2.75) is 90.5 Å². The Labute approximate surface area is 147 Å². The third-order valence-electron chi connectivity index (χ3n) is 8.07. The van der Waals surface area contributed by atoms with Gasteiger partial charge < -0.3 is 0 Å². The molecule has 0 spiro atoms. The Bertz CT molecular complexity index is 575. The molecule has 2 nitrogen and oxygen atoms in total. The first kappa shape index (κ1) is 16.5. The molecular formula is C22H33NO. The maximum absolute atomic E-state index is 10.9. The van der Waals surface area contributed by atoms with E-state index in [2.05, 4.69) is 25.1 Å². The molecule has 0 radical (unpaired) electrons. The largest absolute Gasteiger partial charge is 0.151 e. The molecule has 0 heterocycles. The highest BCUT2D eigenvalue weighted by Gasteiger charge is 2.51. The quantitative estimate of drug-likeness (QED) is 0.424. The van der Waals surface area contributed by atoms with Crippen molar-refractivity contribution >= 4 is 0 Å². The van der Waals surface area contributed by atoms with Gasteiger partial charge in [-0.3, -0.25) is 0 Å². The van der Waals surface area contributed by atoms with Crippen LogP contribution in [0.4, 0.5) is 0 Å². The van der Waals surface area contributed by atoms with Crippen LogP contribution < -0.4 is 0 Å². The van der Waals surface area contributed by atoms with E-state index < -0.39 is 0 Å². The fourth-order valence-electron chi connectivity index (χ4n) is 6.66. The number of nitrogens with zero attached hydrogens (tertiary/aromatic N) is 1. The zero-order chi connectivity index (χ0) is 16.7. The summed E-state index contributed by atoms with van der Waals surface area (Å²) in [6, 6.07) is 0.0495. The van der Waals surface area contributed by atoms with Crippen LogP contribution in [-0.4, -0.2) is 6.04 Å². The van der Waals surface area contributed by atoms with Gasteiger partial charge in [0.15, 0.2) is 0 Å². The van der Waals surface area contributed by atoms with Crippen LogP contribution in [-0.2, 0) is 0 Å². The maximum Gasteiger partial charge on any atom is 0.0957 e. The lowest BCUT2D eigenvalue weighted by molar-refractivity contribution is 0.135. The monoisotopic (exact) mass is 327 g/mol. The van der Waals surface area contributed by atoms with E-state index in [9.17, 15) is 4.91 Å². The third-order valence-corrected chi connectivity index (χ3v) is 8.07. The molecule has 0 aromatic rings. The normalized spacial score (nSPS) is 41.3. The van der Waals surface area contributed by atoms with E-state index in [0.29, 0.717) is 11.3 Å². The van der Waals surface area contributed by atoms with Gasteiger partial charge in [0.05, 0.1) is 6.04 Å². The second kappa shape index (κ2) is 6.42. The minimum atomic E-state index is 0.0495. The summed E-state index contributed by atoms with van der Waals surface area (Å²) in [5.74, 6) is 2.48. The molecule has 0 aromatic carbocycles. The molecule has 0 bridgehead atoms. The van der Waals surface area contributed by atoms with E-state index in [-0.39, 0.29) is 6.04 Å². The fraction of sp³-hybridized carbons (Fsp3) is 0.818. The van der Waals surface area contributed by atoms with Gasteiger partial charge in [0.2, 0.25) is 0 Å². The molecule has 5 atom stereocenters. The summed E-state index contributed by atoms with van der Waals surface area (Å²) in [5.41, 5.74) is 5.75. The first-order chi connectivity index (χ1) is 11.7. The number of rotatable bonds is 4. The Balaban J connectivity index is 1.56. The van der Waals surface area contributed by atoms with Crippen LogP contribution in [0, 0.1) is 28.1 Å². The zero-order valence-electron chi connectivity index (χ0n) is 15.5. The molecule has 4 aliphatic carbocycles. The van der Waals surface area contributed by atoms with Gasteiger partial charge in [-0.25, -0.2) is 0 Å². The number of nitroso groups, excluding NO2 is 1. The zero-order valence-corrected chi connectivity index (χ0v) is 15.5. The lowest BCUT2D eigenvalue weighted by atomic mass is 9.58. The van der Waals surface area contributed by atoms with Crippen LogP contribution >= 0.6 is 0 Å². The number of unbranched alkanes of at least 4 members (excludes halogenated alkanes) is 1. The van der Waals surface area contributed by atoms with E-state index in [1.807, 2.05) is 5.57 Å². The summed E-state index contributed by atoms with van der Waals surface area (Å²) in [6.45, 7) is 4.94. The SMILES string of the molecule is CCCC[C@H]1CC[C@H]2C3=C(CC[C@]12C)[C@@H]1CCC(N=O)CC1=CC3. The Hall–Kier alpha value is -0.920. The van der Waals surface area contributed by atoms with Crippen LogP contribution in [0.15, 0.2) is 28.0 Å². The molecular weight excluding hydrogens is 294 g/mol. The van der Waals surface area contributed by atoms with Crippen molar-refractivity contribution in [2.24, 2.45) is 28.3 Å². The van der Waals surface area contributed by atoms with Crippen LogP contribution in [0.5, 0.6) is 0 Å². The summed E-state index contributed by atoms with van der Waals surface area (Å²) in [7, 11) is 0. The second-order valence-corrected chi connectivity index (χ2v) is 9.10. The standard InChI is InChI=1S/C22H33NO/c1-3-4-5-16-7-11-21-20-9-6-15-14-17(23-24)8-10-18(15)19(20)12-13-22(16,21)2/h6,16-18,21H,3-5,7-14H2,1-2H3/t16-,17?,18+,21-,22+/m0/s1. The average molecular weight is 328 g/mol. The highest BCUT2D eigenvalue weighted by molar-refractivity contribution is 5.39. The van der Waals surface area contributed by atoms with Gasteiger partial charge in [0.1, 0.15) is 0 Å². The molecule has 1 unspecified atom stereocenters. The van der Waals surface area contributed by atoms with Gasteiger partial charge >= 0.3 is 0 Å². The maximum atomic E-state index is 10.9. The molecule has 0 amide bonds.